The Morgan fingerprint density at radius 3 is 2.54 bits per heavy atom. The largest absolute Gasteiger partial charge is 0.381 e. The molecule has 3 rings (SSSR count). The second kappa shape index (κ2) is 8.46. The molecule has 0 unspecified atom stereocenters. The van der Waals surface area contributed by atoms with Crippen LogP contribution in [-0.2, 0) is 32.6 Å². The van der Waals surface area contributed by atoms with E-state index in [0.29, 0.717) is 26.3 Å². The molecule has 1 saturated heterocycles. The van der Waals surface area contributed by atoms with Gasteiger partial charge in [-0.3, -0.25) is 4.79 Å². The van der Waals surface area contributed by atoms with E-state index in [1.807, 2.05) is 0 Å². The Kier molecular flexibility index (Phi) is 6.02. The van der Waals surface area contributed by atoms with E-state index >= 15 is 0 Å². The molecular formula is C16H19N5O6S. The minimum atomic E-state index is -3.55. The summed E-state index contributed by atoms with van der Waals surface area (Å²) in [6, 6.07) is 6.28. The van der Waals surface area contributed by atoms with Crippen molar-refractivity contribution in [1.82, 2.24) is 19.2 Å². The Balaban J connectivity index is 1.55. The van der Waals surface area contributed by atoms with Crippen molar-refractivity contribution in [2.75, 3.05) is 26.3 Å². The van der Waals surface area contributed by atoms with Crippen molar-refractivity contribution in [3.63, 3.8) is 0 Å². The fraction of sp³-hybridized carbons (Fsp3) is 0.375. The lowest BCUT2D eigenvalue weighted by atomic mass is 10.2. The molecule has 1 amide bonds. The van der Waals surface area contributed by atoms with Crippen molar-refractivity contribution in [2.45, 2.75) is 18.0 Å². The molecule has 150 valence electrons. The summed E-state index contributed by atoms with van der Waals surface area (Å²) in [5.41, 5.74) is 0.728. The highest BCUT2D eigenvalue weighted by Gasteiger charge is 2.26. The Labute approximate surface area is 161 Å². The Hall–Kier alpha value is -2.83. The number of benzene rings is 1. The number of rotatable bonds is 7. The van der Waals surface area contributed by atoms with Crippen LogP contribution >= 0.6 is 0 Å². The van der Waals surface area contributed by atoms with Gasteiger partial charge in [-0.25, -0.2) is 8.42 Å². The van der Waals surface area contributed by atoms with Crippen LogP contribution in [0.5, 0.6) is 0 Å². The Bertz CT molecular complexity index is 950. The average Bonchev–Trinajstić information content (AvgIpc) is 3.16. The number of amides is 1. The van der Waals surface area contributed by atoms with Crippen molar-refractivity contribution in [3.05, 3.63) is 52.5 Å². The van der Waals surface area contributed by atoms with Gasteiger partial charge in [0.2, 0.25) is 22.3 Å². The van der Waals surface area contributed by atoms with E-state index in [-0.39, 0.29) is 29.7 Å². The maximum absolute atomic E-state index is 12.6. The molecule has 0 spiro atoms. The third-order valence-electron chi connectivity index (χ3n) is 4.15. The lowest BCUT2D eigenvalue weighted by Crippen LogP contribution is -2.40. The van der Waals surface area contributed by atoms with Gasteiger partial charge in [-0.15, -0.1) is 0 Å². The zero-order valence-electron chi connectivity index (χ0n) is 14.9. The maximum Gasteiger partial charge on any atom is 0.381 e. The van der Waals surface area contributed by atoms with Crippen LogP contribution in [0.4, 0.5) is 5.82 Å². The molecule has 0 saturated carbocycles. The Morgan fingerprint density at radius 2 is 1.93 bits per heavy atom. The number of nitrogens with one attached hydrogen (secondary N) is 1. The zero-order valence-corrected chi connectivity index (χ0v) is 15.7. The predicted molar refractivity (Wildman–Crippen MR) is 96.7 cm³/mol. The van der Waals surface area contributed by atoms with Crippen molar-refractivity contribution in [1.29, 1.82) is 0 Å². The van der Waals surface area contributed by atoms with E-state index in [2.05, 4.69) is 10.3 Å². The molecule has 2 aromatic rings. The zero-order chi connectivity index (χ0) is 20.1. The normalized spacial score (nSPS) is 15.3. The molecule has 1 aromatic heterocycles. The van der Waals surface area contributed by atoms with Gasteiger partial charge < -0.3 is 24.7 Å². The van der Waals surface area contributed by atoms with Gasteiger partial charge >= 0.3 is 5.82 Å². The van der Waals surface area contributed by atoms with Crippen LogP contribution < -0.4 is 5.32 Å². The summed E-state index contributed by atoms with van der Waals surface area (Å²) in [7, 11) is -3.55. The molecule has 12 heteroatoms. The van der Waals surface area contributed by atoms with E-state index in [1.54, 1.807) is 12.1 Å². The molecule has 1 N–H and O–H groups in total. The fourth-order valence-electron chi connectivity index (χ4n) is 2.67. The van der Waals surface area contributed by atoms with Crippen LogP contribution in [0, 0.1) is 10.1 Å². The molecule has 0 aliphatic carbocycles. The lowest BCUT2D eigenvalue weighted by Gasteiger charge is -2.26. The average molecular weight is 409 g/mol. The molecule has 0 atom stereocenters. The van der Waals surface area contributed by atoms with Crippen LogP contribution in [0.1, 0.15) is 5.56 Å². The molecule has 1 aliphatic heterocycles. The van der Waals surface area contributed by atoms with Gasteiger partial charge in [0.05, 0.1) is 18.1 Å². The molecule has 28 heavy (non-hydrogen) atoms. The first kappa shape index (κ1) is 19.9. The number of nitrogens with zero attached hydrogens (tertiary/aromatic N) is 4. The van der Waals surface area contributed by atoms with Gasteiger partial charge in [-0.05, 0) is 27.6 Å². The molecule has 11 nitrogen and oxygen atoms in total. The Morgan fingerprint density at radius 1 is 1.25 bits per heavy atom. The number of imidazole rings is 1. The van der Waals surface area contributed by atoms with Crippen molar-refractivity contribution < 1.29 is 22.9 Å². The number of carbonyl (C=O) groups is 1. The third kappa shape index (κ3) is 4.71. The quantitative estimate of drug-likeness (QED) is 0.507. The highest BCUT2D eigenvalue weighted by atomic mass is 32.2. The van der Waals surface area contributed by atoms with Crippen LogP contribution in [0.25, 0.3) is 0 Å². The number of aromatic nitrogens is 2. The third-order valence-corrected chi connectivity index (χ3v) is 6.07. The van der Waals surface area contributed by atoms with E-state index in [9.17, 15) is 23.3 Å². The van der Waals surface area contributed by atoms with Crippen LogP contribution in [0.2, 0.25) is 0 Å². The standard InChI is InChI=1S/C16H19N5O6S/c22-16(11-19-10-15(18-12-19)21(23)24)17-9-13-1-3-14(4-2-13)28(25,26)20-5-7-27-8-6-20/h1-4,10,12H,5-9,11H2,(H,17,22). The first-order valence-electron chi connectivity index (χ1n) is 8.46. The summed E-state index contributed by atoms with van der Waals surface area (Å²) >= 11 is 0. The summed E-state index contributed by atoms with van der Waals surface area (Å²) in [5.74, 6) is -0.679. The number of sulfonamides is 1. The molecule has 1 fully saturated rings. The molecule has 1 aliphatic rings. The van der Waals surface area contributed by atoms with Crippen LogP contribution in [0.3, 0.4) is 0 Å². The number of ether oxygens (including phenoxy) is 1. The van der Waals surface area contributed by atoms with Gasteiger partial charge in [0.25, 0.3) is 0 Å². The summed E-state index contributed by atoms with van der Waals surface area (Å²) in [4.78, 5) is 25.7. The van der Waals surface area contributed by atoms with Crippen molar-refractivity contribution in [2.24, 2.45) is 0 Å². The monoisotopic (exact) mass is 409 g/mol. The molecule has 0 radical (unpaired) electrons. The summed E-state index contributed by atoms with van der Waals surface area (Å²) in [6.45, 7) is 1.50. The number of hydrogen-bond donors (Lipinski definition) is 1. The van der Waals surface area contributed by atoms with E-state index in [1.165, 1.54) is 33.5 Å². The van der Waals surface area contributed by atoms with Gasteiger partial charge in [0.15, 0.2) is 0 Å². The number of nitro groups is 1. The van der Waals surface area contributed by atoms with Gasteiger partial charge in [-0.2, -0.15) is 4.31 Å². The second-order valence-corrected chi connectivity index (χ2v) is 8.04. The van der Waals surface area contributed by atoms with E-state index in [4.69, 9.17) is 4.74 Å². The number of carbonyl (C=O) groups excluding carboxylic acids is 1. The summed E-state index contributed by atoms with van der Waals surface area (Å²) < 4.78 is 33.0. The predicted octanol–water partition coefficient (Wildman–Crippen LogP) is 0.129. The highest BCUT2D eigenvalue weighted by molar-refractivity contribution is 7.89. The molecule has 2 heterocycles. The number of morpholine rings is 1. The van der Waals surface area contributed by atoms with Gasteiger partial charge in [-0.1, -0.05) is 12.1 Å². The van der Waals surface area contributed by atoms with Crippen molar-refractivity contribution >= 4 is 21.7 Å². The fourth-order valence-corrected chi connectivity index (χ4v) is 4.07. The van der Waals surface area contributed by atoms with Crippen molar-refractivity contribution in [3.8, 4) is 0 Å². The lowest BCUT2D eigenvalue weighted by molar-refractivity contribution is -0.389. The summed E-state index contributed by atoms with van der Waals surface area (Å²) in [5, 5.41) is 13.3. The first-order chi connectivity index (χ1) is 13.4. The second-order valence-electron chi connectivity index (χ2n) is 6.10. The minimum absolute atomic E-state index is 0.107. The van der Waals surface area contributed by atoms with Crippen LogP contribution in [0.15, 0.2) is 41.7 Å². The summed E-state index contributed by atoms with van der Waals surface area (Å²) in [6.07, 6.45) is 2.38. The van der Waals surface area contributed by atoms with E-state index < -0.39 is 14.9 Å². The molecule has 0 bridgehead atoms. The topological polar surface area (TPSA) is 137 Å². The van der Waals surface area contributed by atoms with Gasteiger partial charge in [0, 0.05) is 19.6 Å². The van der Waals surface area contributed by atoms with Gasteiger partial charge in [0.1, 0.15) is 12.7 Å². The van der Waals surface area contributed by atoms with Crippen LogP contribution in [-0.4, -0.2) is 59.4 Å². The highest BCUT2D eigenvalue weighted by Crippen LogP contribution is 2.17. The minimum Gasteiger partial charge on any atom is -0.379 e. The number of hydrogen-bond acceptors (Lipinski definition) is 7. The SMILES string of the molecule is O=C(Cn1cnc([N+](=O)[O-])c1)NCc1ccc(S(=O)(=O)N2CCOCC2)cc1. The molecule has 1 aromatic carbocycles. The van der Waals surface area contributed by atoms with E-state index in [0.717, 1.165) is 5.56 Å². The smallest absolute Gasteiger partial charge is 0.379 e. The maximum atomic E-state index is 12.6. The first-order valence-corrected chi connectivity index (χ1v) is 9.90. The molecular weight excluding hydrogens is 390 g/mol.